The summed E-state index contributed by atoms with van der Waals surface area (Å²) >= 11 is 5.75. The highest BCUT2D eigenvalue weighted by Gasteiger charge is 2.15. The molecule has 0 aliphatic rings. The van der Waals surface area contributed by atoms with E-state index in [0.717, 1.165) is 6.07 Å². The van der Waals surface area contributed by atoms with Gasteiger partial charge in [-0.25, -0.2) is 0 Å². The van der Waals surface area contributed by atoms with Crippen LogP contribution in [0.5, 0.6) is 11.5 Å². The Kier molecular flexibility index (Phi) is 6.74. The Hall–Kier alpha value is -2.87. The largest absolute Gasteiger partial charge is 0.493 e. The summed E-state index contributed by atoms with van der Waals surface area (Å²) in [5.41, 5.74) is 0.562. The highest BCUT2D eigenvalue weighted by atomic mass is 35.5. The number of hydrogen-bond acceptors (Lipinski definition) is 4. The minimum Gasteiger partial charge on any atom is -0.493 e. The van der Waals surface area contributed by atoms with Crippen molar-refractivity contribution in [2.45, 2.75) is 6.61 Å². The molecule has 0 bridgehead atoms. The molecule has 9 heteroatoms. The molecule has 2 aromatic rings. The van der Waals surface area contributed by atoms with Crippen molar-refractivity contribution >= 4 is 29.1 Å². The van der Waals surface area contributed by atoms with Crippen LogP contribution in [0.4, 0.5) is 14.5 Å². The van der Waals surface area contributed by atoms with Crippen LogP contribution in [0.2, 0.25) is 5.02 Å². The van der Waals surface area contributed by atoms with Crippen LogP contribution in [-0.4, -0.2) is 32.1 Å². The number of hydrogen-bond donors (Lipinski definition) is 2. The van der Waals surface area contributed by atoms with Gasteiger partial charge in [0.2, 0.25) is 5.91 Å². The summed E-state index contributed by atoms with van der Waals surface area (Å²) in [6, 6.07) is 10.2. The van der Waals surface area contributed by atoms with Crippen LogP contribution in [0.3, 0.4) is 0 Å². The molecule has 0 fully saturated rings. The number of benzene rings is 2. The van der Waals surface area contributed by atoms with Gasteiger partial charge in [0.25, 0.3) is 5.91 Å². The van der Waals surface area contributed by atoms with E-state index in [1.807, 2.05) is 0 Å². The summed E-state index contributed by atoms with van der Waals surface area (Å²) in [7, 11) is 1.29. The van der Waals surface area contributed by atoms with Crippen LogP contribution in [-0.2, 0) is 4.79 Å². The number of alkyl halides is 2. The van der Waals surface area contributed by atoms with E-state index in [1.54, 1.807) is 24.3 Å². The smallest absolute Gasteiger partial charge is 0.387 e. The van der Waals surface area contributed by atoms with Gasteiger partial charge >= 0.3 is 6.61 Å². The molecule has 6 nitrogen and oxygen atoms in total. The number of methoxy groups -OCH3 is 1. The van der Waals surface area contributed by atoms with Crippen molar-refractivity contribution in [2.75, 3.05) is 19.0 Å². The van der Waals surface area contributed by atoms with E-state index in [4.69, 9.17) is 16.3 Å². The Labute approximate surface area is 153 Å². The highest BCUT2D eigenvalue weighted by Crippen LogP contribution is 2.29. The second kappa shape index (κ2) is 9.00. The lowest BCUT2D eigenvalue weighted by Gasteiger charge is -2.12. The molecule has 0 aromatic heterocycles. The summed E-state index contributed by atoms with van der Waals surface area (Å²) in [5.74, 6) is -1.31. The number of ether oxygens (including phenoxy) is 2. The molecule has 2 rings (SSSR count). The van der Waals surface area contributed by atoms with Crippen molar-refractivity contribution in [3.05, 3.63) is 53.1 Å². The molecule has 0 atom stereocenters. The number of carbonyl (C=O) groups excluding carboxylic acids is 2. The van der Waals surface area contributed by atoms with Crippen LogP contribution in [0, 0.1) is 0 Å². The second-order valence-corrected chi connectivity index (χ2v) is 5.42. The lowest BCUT2D eigenvalue weighted by Crippen LogP contribution is -2.32. The minimum atomic E-state index is -3.06. The van der Waals surface area contributed by atoms with Crippen molar-refractivity contribution in [2.24, 2.45) is 0 Å². The summed E-state index contributed by atoms with van der Waals surface area (Å²) in [6.07, 6.45) is 0. The predicted molar refractivity (Wildman–Crippen MR) is 92.0 cm³/mol. The van der Waals surface area contributed by atoms with Crippen molar-refractivity contribution < 1.29 is 27.8 Å². The zero-order valence-corrected chi connectivity index (χ0v) is 14.3. The van der Waals surface area contributed by atoms with Gasteiger partial charge in [0, 0.05) is 16.3 Å². The molecule has 0 radical (unpaired) electrons. The van der Waals surface area contributed by atoms with Gasteiger partial charge in [0.1, 0.15) is 0 Å². The van der Waals surface area contributed by atoms with Crippen LogP contribution >= 0.6 is 11.6 Å². The highest BCUT2D eigenvalue weighted by molar-refractivity contribution is 6.30. The van der Waals surface area contributed by atoms with Gasteiger partial charge < -0.3 is 20.1 Å². The summed E-state index contributed by atoms with van der Waals surface area (Å²) in [6.45, 7) is -3.37. The number of anilines is 1. The van der Waals surface area contributed by atoms with Gasteiger partial charge in [0.15, 0.2) is 11.5 Å². The van der Waals surface area contributed by atoms with E-state index in [2.05, 4.69) is 15.4 Å². The molecule has 0 saturated heterocycles. The monoisotopic (exact) mass is 384 g/mol. The molecule has 26 heavy (non-hydrogen) atoms. The van der Waals surface area contributed by atoms with Gasteiger partial charge in [-0.3, -0.25) is 9.59 Å². The van der Waals surface area contributed by atoms with E-state index in [9.17, 15) is 18.4 Å². The maximum absolute atomic E-state index is 12.4. The molecule has 0 aliphatic heterocycles. The molecule has 0 unspecified atom stereocenters. The lowest BCUT2D eigenvalue weighted by molar-refractivity contribution is -0.115. The molecular weight excluding hydrogens is 370 g/mol. The third kappa shape index (κ3) is 5.59. The molecule has 2 aromatic carbocycles. The Balaban J connectivity index is 1.96. The first-order valence-corrected chi connectivity index (χ1v) is 7.73. The van der Waals surface area contributed by atoms with Crippen molar-refractivity contribution in [1.82, 2.24) is 5.32 Å². The van der Waals surface area contributed by atoms with Crippen molar-refractivity contribution in [3.63, 3.8) is 0 Å². The Morgan fingerprint density at radius 3 is 2.42 bits per heavy atom. The van der Waals surface area contributed by atoms with Crippen LogP contribution in [0.15, 0.2) is 42.5 Å². The molecule has 2 amide bonds. The van der Waals surface area contributed by atoms with Crippen LogP contribution in [0.25, 0.3) is 0 Å². The normalized spacial score (nSPS) is 10.3. The van der Waals surface area contributed by atoms with E-state index in [1.165, 1.54) is 19.2 Å². The van der Waals surface area contributed by atoms with Crippen LogP contribution < -0.4 is 20.1 Å². The average molecular weight is 385 g/mol. The Morgan fingerprint density at radius 2 is 1.81 bits per heavy atom. The topological polar surface area (TPSA) is 76.7 Å². The second-order valence-electron chi connectivity index (χ2n) is 4.98. The van der Waals surface area contributed by atoms with Gasteiger partial charge in [0.05, 0.1) is 13.7 Å². The maximum Gasteiger partial charge on any atom is 0.387 e. The van der Waals surface area contributed by atoms with Gasteiger partial charge in [-0.15, -0.1) is 0 Å². The van der Waals surface area contributed by atoms with Crippen molar-refractivity contribution in [3.8, 4) is 11.5 Å². The Bertz CT molecular complexity index is 785. The first kappa shape index (κ1) is 19.5. The maximum atomic E-state index is 12.4. The first-order valence-electron chi connectivity index (χ1n) is 7.35. The fourth-order valence-electron chi connectivity index (χ4n) is 2.01. The van der Waals surface area contributed by atoms with E-state index in [0.29, 0.717) is 10.7 Å². The predicted octanol–water partition coefficient (Wildman–Crippen LogP) is 3.32. The molecule has 0 spiro atoms. The van der Waals surface area contributed by atoms with Gasteiger partial charge in [-0.2, -0.15) is 8.78 Å². The zero-order chi connectivity index (χ0) is 19.1. The van der Waals surface area contributed by atoms with Gasteiger partial charge in [-0.1, -0.05) is 11.6 Å². The fourth-order valence-corrected chi connectivity index (χ4v) is 2.13. The van der Waals surface area contributed by atoms with Crippen molar-refractivity contribution in [1.29, 1.82) is 0 Å². The average Bonchev–Trinajstić information content (AvgIpc) is 2.61. The van der Waals surface area contributed by atoms with Crippen LogP contribution in [0.1, 0.15) is 10.4 Å². The number of halogens is 3. The molecule has 0 aliphatic carbocycles. The van der Waals surface area contributed by atoms with E-state index < -0.39 is 18.4 Å². The first-order chi connectivity index (χ1) is 12.4. The third-order valence-corrected chi connectivity index (χ3v) is 3.43. The number of amides is 2. The number of nitrogens with one attached hydrogen (secondary N) is 2. The molecule has 0 heterocycles. The van der Waals surface area contributed by atoms with Gasteiger partial charge in [-0.05, 0) is 42.5 Å². The summed E-state index contributed by atoms with van der Waals surface area (Å²) in [5, 5.41) is 5.49. The fraction of sp³-hybridized carbons (Fsp3) is 0.176. The molecular formula is C17H15ClF2N2O4. The molecule has 2 N–H and O–H groups in total. The lowest BCUT2D eigenvalue weighted by atomic mass is 10.2. The third-order valence-electron chi connectivity index (χ3n) is 3.18. The SMILES string of the molecule is COc1ccc(C(=O)NCC(=O)Nc2ccc(Cl)cc2)cc1OC(F)F. The summed E-state index contributed by atoms with van der Waals surface area (Å²) < 4.78 is 34.0. The van der Waals surface area contributed by atoms with E-state index >= 15 is 0 Å². The number of carbonyl (C=O) groups is 2. The zero-order valence-electron chi connectivity index (χ0n) is 13.6. The quantitative estimate of drug-likeness (QED) is 0.767. The molecule has 0 saturated carbocycles. The Morgan fingerprint density at radius 1 is 1.12 bits per heavy atom. The standard InChI is InChI=1S/C17H15ClF2N2O4/c1-25-13-7-2-10(8-14(13)26-17(19)20)16(24)21-9-15(23)22-12-5-3-11(18)4-6-12/h2-8,17H,9H2,1H3,(H,21,24)(H,22,23). The van der Waals surface area contributed by atoms with E-state index in [-0.39, 0.29) is 23.6 Å². The molecule has 138 valence electrons. The summed E-state index contributed by atoms with van der Waals surface area (Å²) in [4.78, 5) is 23.9. The number of rotatable bonds is 7. The minimum absolute atomic E-state index is 0.0424.